The minimum Gasteiger partial charge on any atom is -0.381 e. The fourth-order valence-electron chi connectivity index (χ4n) is 3.21. The van der Waals surface area contributed by atoms with E-state index in [9.17, 15) is 9.18 Å². The maximum atomic E-state index is 13.7. The Kier molecular flexibility index (Phi) is 5.04. The van der Waals surface area contributed by atoms with Crippen molar-refractivity contribution in [2.45, 2.75) is 18.4 Å². The van der Waals surface area contributed by atoms with Gasteiger partial charge in [0.25, 0.3) is 5.91 Å². The van der Waals surface area contributed by atoms with Gasteiger partial charge in [-0.15, -0.1) is 0 Å². The van der Waals surface area contributed by atoms with Crippen LogP contribution in [0.15, 0.2) is 48.5 Å². The van der Waals surface area contributed by atoms with Crippen molar-refractivity contribution >= 4 is 11.6 Å². The summed E-state index contributed by atoms with van der Waals surface area (Å²) in [5.74, 6) is -0.456. The number of benzene rings is 2. The first-order valence-electron chi connectivity index (χ1n) is 8.44. The highest BCUT2D eigenvalue weighted by Crippen LogP contribution is 2.33. The lowest BCUT2D eigenvalue weighted by Crippen LogP contribution is -2.49. The lowest BCUT2D eigenvalue weighted by Gasteiger charge is -2.38. The van der Waals surface area contributed by atoms with Crippen LogP contribution in [0.2, 0.25) is 0 Å². The van der Waals surface area contributed by atoms with Crippen LogP contribution in [0.3, 0.4) is 0 Å². The van der Waals surface area contributed by atoms with Crippen LogP contribution in [-0.2, 0) is 10.3 Å². The number of anilines is 1. The molecule has 1 aliphatic heterocycles. The Morgan fingerprint density at radius 1 is 1.12 bits per heavy atom. The minimum absolute atomic E-state index is 0.158. The van der Waals surface area contributed by atoms with Gasteiger partial charge in [-0.1, -0.05) is 18.2 Å². The standard InChI is InChI=1S/C20H23FN2O2/c1-23(2)18-8-3-5-15(13-18)19(24)22-20(9-11-25-12-10-20)16-6-4-7-17(21)14-16/h3-8,13-14H,9-12H2,1-2H3,(H,22,24). The minimum atomic E-state index is -0.606. The van der Waals surface area contributed by atoms with E-state index in [2.05, 4.69) is 5.32 Å². The van der Waals surface area contributed by atoms with Gasteiger partial charge in [0, 0.05) is 38.6 Å². The SMILES string of the molecule is CN(C)c1cccc(C(=O)NC2(c3cccc(F)c3)CCOCC2)c1. The fraction of sp³-hybridized carbons (Fsp3) is 0.350. The number of carbonyl (C=O) groups is 1. The number of nitrogens with one attached hydrogen (secondary N) is 1. The summed E-state index contributed by atoms with van der Waals surface area (Å²) in [6, 6.07) is 13.9. The van der Waals surface area contributed by atoms with Crippen molar-refractivity contribution in [2.24, 2.45) is 0 Å². The molecule has 2 aromatic carbocycles. The van der Waals surface area contributed by atoms with Crippen LogP contribution in [0, 0.1) is 5.82 Å². The van der Waals surface area contributed by atoms with E-state index in [0.717, 1.165) is 11.3 Å². The van der Waals surface area contributed by atoms with Crippen LogP contribution in [0.4, 0.5) is 10.1 Å². The predicted octanol–water partition coefficient (Wildman–Crippen LogP) is 3.33. The topological polar surface area (TPSA) is 41.6 Å². The molecule has 1 aliphatic rings. The molecule has 0 saturated carbocycles. The molecule has 0 unspecified atom stereocenters. The van der Waals surface area contributed by atoms with Gasteiger partial charge in [-0.2, -0.15) is 0 Å². The van der Waals surface area contributed by atoms with Gasteiger partial charge in [0.1, 0.15) is 5.82 Å². The fourth-order valence-corrected chi connectivity index (χ4v) is 3.21. The Hall–Kier alpha value is -2.40. The molecule has 1 saturated heterocycles. The third-order valence-corrected chi connectivity index (χ3v) is 4.70. The first-order valence-corrected chi connectivity index (χ1v) is 8.44. The second-order valence-corrected chi connectivity index (χ2v) is 6.60. The van der Waals surface area contributed by atoms with Crippen molar-refractivity contribution in [3.05, 3.63) is 65.5 Å². The van der Waals surface area contributed by atoms with E-state index >= 15 is 0 Å². The van der Waals surface area contributed by atoms with E-state index in [1.807, 2.05) is 43.3 Å². The Balaban J connectivity index is 1.90. The molecule has 3 rings (SSSR count). The smallest absolute Gasteiger partial charge is 0.252 e. The summed E-state index contributed by atoms with van der Waals surface area (Å²) >= 11 is 0. The Bertz CT molecular complexity index is 755. The summed E-state index contributed by atoms with van der Waals surface area (Å²) in [6.45, 7) is 1.07. The predicted molar refractivity (Wildman–Crippen MR) is 96.4 cm³/mol. The molecule has 25 heavy (non-hydrogen) atoms. The molecular formula is C20H23FN2O2. The Morgan fingerprint density at radius 3 is 2.52 bits per heavy atom. The number of ether oxygens (including phenoxy) is 1. The Labute approximate surface area is 147 Å². The van der Waals surface area contributed by atoms with Gasteiger partial charge in [0.05, 0.1) is 5.54 Å². The van der Waals surface area contributed by atoms with Crippen LogP contribution >= 0.6 is 0 Å². The second kappa shape index (κ2) is 7.23. The van der Waals surface area contributed by atoms with Crippen LogP contribution in [0.1, 0.15) is 28.8 Å². The van der Waals surface area contributed by atoms with Gasteiger partial charge in [-0.05, 0) is 48.7 Å². The number of rotatable bonds is 4. The number of hydrogen-bond acceptors (Lipinski definition) is 3. The molecule has 0 aliphatic carbocycles. The summed E-state index contributed by atoms with van der Waals surface area (Å²) in [6.07, 6.45) is 1.24. The lowest BCUT2D eigenvalue weighted by molar-refractivity contribution is 0.0344. The van der Waals surface area contributed by atoms with Gasteiger partial charge >= 0.3 is 0 Å². The van der Waals surface area contributed by atoms with E-state index in [-0.39, 0.29) is 11.7 Å². The first kappa shape index (κ1) is 17.4. The van der Waals surface area contributed by atoms with E-state index in [4.69, 9.17) is 4.74 Å². The molecule has 5 heteroatoms. The molecule has 132 valence electrons. The third-order valence-electron chi connectivity index (χ3n) is 4.70. The summed E-state index contributed by atoms with van der Waals surface area (Å²) in [7, 11) is 3.87. The van der Waals surface area contributed by atoms with Crippen LogP contribution in [0.5, 0.6) is 0 Å². The monoisotopic (exact) mass is 342 g/mol. The van der Waals surface area contributed by atoms with Crippen LogP contribution < -0.4 is 10.2 Å². The summed E-state index contributed by atoms with van der Waals surface area (Å²) in [5, 5.41) is 3.15. The third kappa shape index (κ3) is 3.82. The number of hydrogen-bond donors (Lipinski definition) is 1. The molecule has 0 spiro atoms. The zero-order valence-corrected chi connectivity index (χ0v) is 14.6. The number of carbonyl (C=O) groups excluding carboxylic acids is 1. The van der Waals surface area contributed by atoms with Gasteiger partial charge in [-0.3, -0.25) is 4.79 Å². The molecular weight excluding hydrogens is 319 g/mol. The highest BCUT2D eigenvalue weighted by atomic mass is 19.1. The van der Waals surface area contributed by atoms with E-state index in [1.54, 1.807) is 12.1 Å². The average molecular weight is 342 g/mol. The molecule has 0 atom stereocenters. The molecule has 4 nitrogen and oxygen atoms in total. The molecule has 0 aromatic heterocycles. The maximum absolute atomic E-state index is 13.7. The number of amides is 1. The van der Waals surface area contributed by atoms with Crippen LogP contribution in [-0.4, -0.2) is 33.2 Å². The summed E-state index contributed by atoms with van der Waals surface area (Å²) in [4.78, 5) is 14.8. The summed E-state index contributed by atoms with van der Waals surface area (Å²) in [5.41, 5.74) is 1.73. The molecule has 1 amide bonds. The molecule has 1 N–H and O–H groups in total. The number of halogens is 1. The van der Waals surface area contributed by atoms with E-state index in [0.29, 0.717) is 31.6 Å². The molecule has 0 bridgehead atoms. The average Bonchev–Trinajstić information content (AvgIpc) is 2.62. The van der Waals surface area contributed by atoms with Crippen LogP contribution in [0.25, 0.3) is 0 Å². The number of nitrogens with zero attached hydrogens (tertiary/aromatic N) is 1. The van der Waals surface area contributed by atoms with Gasteiger partial charge < -0.3 is 15.0 Å². The van der Waals surface area contributed by atoms with E-state index < -0.39 is 5.54 Å². The maximum Gasteiger partial charge on any atom is 0.252 e. The van der Waals surface area contributed by atoms with Crippen molar-refractivity contribution in [1.29, 1.82) is 0 Å². The van der Waals surface area contributed by atoms with Crippen molar-refractivity contribution in [1.82, 2.24) is 5.32 Å². The second-order valence-electron chi connectivity index (χ2n) is 6.60. The normalized spacial score (nSPS) is 16.3. The zero-order chi connectivity index (χ0) is 17.9. The highest BCUT2D eigenvalue weighted by molar-refractivity contribution is 5.95. The van der Waals surface area contributed by atoms with Gasteiger partial charge in [-0.25, -0.2) is 4.39 Å². The van der Waals surface area contributed by atoms with Gasteiger partial charge in [0.15, 0.2) is 0 Å². The van der Waals surface area contributed by atoms with Crippen molar-refractivity contribution < 1.29 is 13.9 Å². The highest BCUT2D eigenvalue weighted by Gasteiger charge is 2.36. The molecule has 1 heterocycles. The lowest BCUT2D eigenvalue weighted by atomic mass is 9.82. The molecule has 2 aromatic rings. The van der Waals surface area contributed by atoms with Crippen molar-refractivity contribution in [3.63, 3.8) is 0 Å². The molecule has 0 radical (unpaired) electrons. The van der Waals surface area contributed by atoms with Gasteiger partial charge in [0.2, 0.25) is 0 Å². The van der Waals surface area contributed by atoms with Crippen molar-refractivity contribution in [2.75, 3.05) is 32.2 Å². The largest absolute Gasteiger partial charge is 0.381 e. The van der Waals surface area contributed by atoms with Crippen molar-refractivity contribution in [3.8, 4) is 0 Å². The quantitative estimate of drug-likeness (QED) is 0.927. The first-order chi connectivity index (χ1) is 12.0. The molecule has 1 fully saturated rings. The Morgan fingerprint density at radius 2 is 1.84 bits per heavy atom. The zero-order valence-electron chi connectivity index (χ0n) is 14.6. The summed E-state index contributed by atoms with van der Waals surface area (Å²) < 4.78 is 19.2. The van der Waals surface area contributed by atoms with E-state index in [1.165, 1.54) is 12.1 Å².